The minimum atomic E-state index is 0.664. The molecule has 4 atom stereocenters. The van der Waals surface area contributed by atoms with Crippen LogP contribution in [0.4, 0.5) is 0 Å². The molecular formula is C15H30N2O. The van der Waals surface area contributed by atoms with Gasteiger partial charge in [0.05, 0.1) is 0 Å². The zero-order valence-electron chi connectivity index (χ0n) is 12.5. The second-order valence-electron chi connectivity index (χ2n) is 6.36. The number of methoxy groups -OCH3 is 1. The molecule has 2 aliphatic heterocycles. The number of rotatable bonds is 6. The summed E-state index contributed by atoms with van der Waals surface area (Å²) in [6.07, 6.45) is 6.77. The van der Waals surface area contributed by atoms with Crippen LogP contribution in [0, 0.1) is 11.8 Å². The van der Waals surface area contributed by atoms with E-state index in [1.165, 1.54) is 32.1 Å². The molecule has 2 heterocycles. The molecule has 0 saturated carbocycles. The number of ether oxygens (including phenoxy) is 1. The molecule has 3 heteroatoms. The molecule has 2 aliphatic rings. The molecule has 0 aromatic rings. The molecule has 2 bridgehead atoms. The quantitative estimate of drug-likeness (QED) is 0.786. The average Bonchev–Trinajstić information content (AvgIpc) is 2.60. The maximum absolute atomic E-state index is 5.23. The third kappa shape index (κ3) is 2.89. The second kappa shape index (κ2) is 6.36. The third-order valence-corrected chi connectivity index (χ3v) is 5.37. The Morgan fingerprint density at radius 2 is 1.89 bits per heavy atom. The summed E-state index contributed by atoms with van der Waals surface area (Å²) in [5, 5.41) is 3.59. The number of nitrogens with one attached hydrogen (secondary N) is 1. The normalized spacial score (nSPS) is 35.7. The van der Waals surface area contributed by atoms with E-state index in [1.54, 1.807) is 7.11 Å². The third-order valence-electron chi connectivity index (χ3n) is 5.37. The fourth-order valence-corrected chi connectivity index (χ4v) is 4.21. The summed E-state index contributed by atoms with van der Waals surface area (Å²) in [6.45, 7) is 3.26. The number of piperidine rings is 1. The van der Waals surface area contributed by atoms with Crippen molar-refractivity contribution in [1.82, 2.24) is 10.2 Å². The molecule has 0 amide bonds. The lowest BCUT2D eigenvalue weighted by Gasteiger charge is -2.41. The zero-order chi connectivity index (χ0) is 13.1. The molecular weight excluding hydrogens is 224 g/mol. The number of nitrogens with zero attached hydrogens (tertiary/aromatic N) is 1. The highest BCUT2D eigenvalue weighted by atomic mass is 16.5. The van der Waals surface area contributed by atoms with Crippen molar-refractivity contribution in [3.63, 3.8) is 0 Å². The Balaban J connectivity index is 1.92. The highest BCUT2D eigenvalue weighted by Crippen LogP contribution is 2.40. The van der Waals surface area contributed by atoms with Crippen LogP contribution in [0.3, 0.4) is 0 Å². The highest BCUT2D eigenvalue weighted by molar-refractivity contribution is 4.97. The van der Waals surface area contributed by atoms with Crippen molar-refractivity contribution in [3.8, 4) is 0 Å². The molecule has 3 nitrogen and oxygen atoms in total. The monoisotopic (exact) mass is 254 g/mol. The summed E-state index contributed by atoms with van der Waals surface area (Å²) >= 11 is 0. The molecule has 0 aromatic carbocycles. The lowest BCUT2D eigenvalue weighted by atomic mass is 9.79. The summed E-state index contributed by atoms with van der Waals surface area (Å²) in [5.74, 6) is 1.57. The van der Waals surface area contributed by atoms with Gasteiger partial charge in [0.15, 0.2) is 0 Å². The Bertz CT molecular complexity index is 245. The fraction of sp³-hybridized carbons (Fsp3) is 1.00. The Hall–Kier alpha value is -0.120. The first-order valence-corrected chi connectivity index (χ1v) is 7.55. The summed E-state index contributed by atoms with van der Waals surface area (Å²) in [6, 6.07) is 2.36. The Morgan fingerprint density at radius 3 is 2.39 bits per heavy atom. The maximum atomic E-state index is 5.23. The van der Waals surface area contributed by atoms with Crippen molar-refractivity contribution in [2.24, 2.45) is 11.8 Å². The van der Waals surface area contributed by atoms with Crippen LogP contribution < -0.4 is 5.32 Å². The molecule has 18 heavy (non-hydrogen) atoms. The largest absolute Gasteiger partial charge is 0.385 e. The van der Waals surface area contributed by atoms with Gasteiger partial charge >= 0.3 is 0 Å². The van der Waals surface area contributed by atoms with E-state index in [1.807, 2.05) is 0 Å². The summed E-state index contributed by atoms with van der Waals surface area (Å²) in [5.41, 5.74) is 0. The van der Waals surface area contributed by atoms with Crippen LogP contribution in [0.5, 0.6) is 0 Å². The minimum Gasteiger partial charge on any atom is -0.385 e. The molecule has 2 saturated heterocycles. The lowest BCUT2D eigenvalue weighted by molar-refractivity contribution is 0.0907. The van der Waals surface area contributed by atoms with Gasteiger partial charge in [-0.25, -0.2) is 0 Å². The molecule has 1 N–H and O–H groups in total. The van der Waals surface area contributed by atoms with Crippen molar-refractivity contribution in [2.45, 2.75) is 57.2 Å². The maximum Gasteiger partial charge on any atom is 0.0465 e. The Kier molecular flexibility index (Phi) is 5.05. The van der Waals surface area contributed by atoms with E-state index in [2.05, 4.69) is 31.2 Å². The Morgan fingerprint density at radius 1 is 1.28 bits per heavy atom. The topological polar surface area (TPSA) is 24.5 Å². The van der Waals surface area contributed by atoms with Crippen LogP contribution >= 0.6 is 0 Å². The standard InChI is InChI=1S/C15H30N2O/c1-11(7-8-18-4)15(16-2)12-9-13-5-6-14(10-12)17(13)3/h11-16H,5-10H2,1-4H3. The van der Waals surface area contributed by atoms with Gasteiger partial charge in [-0.3, -0.25) is 0 Å². The van der Waals surface area contributed by atoms with E-state index in [0.717, 1.165) is 24.6 Å². The van der Waals surface area contributed by atoms with Crippen LogP contribution in [0.25, 0.3) is 0 Å². The summed E-state index contributed by atoms with van der Waals surface area (Å²) < 4.78 is 5.23. The number of fused-ring (bicyclic) bond motifs is 2. The minimum absolute atomic E-state index is 0.664. The van der Waals surface area contributed by atoms with Crippen molar-refractivity contribution < 1.29 is 4.74 Å². The van der Waals surface area contributed by atoms with E-state index >= 15 is 0 Å². The van der Waals surface area contributed by atoms with Gasteiger partial charge in [0.1, 0.15) is 0 Å². The van der Waals surface area contributed by atoms with E-state index in [0.29, 0.717) is 12.0 Å². The van der Waals surface area contributed by atoms with Gasteiger partial charge in [0.25, 0.3) is 0 Å². The fourth-order valence-electron chi connectivity index (χ4n) is 4.21. The second-order valence-corrected chi connectivity index (χ2v) is 6.36. The van der Waals surface area contributed by atoms with Crippen LogP contribution in [0.1, 0.15) is 39.0 Å². The van der Waals surface area contributed by atoms with Gasteiger partial charge < -0.3 is 15.0 Å². The van der Waals surface area contributed by atoms with Crippen molar-refractivity contribution in [3.05, 3.63) is 0 Å². The van der Waals surface area contributed by atoms with E-state index in [4.69, 9.17) is 4.74 Å². The Labute approximate surface area is 112 Å². The van der Waals surface area contributed by atoms with Crippen LogP contribution in [0.2, 0.25) is 0 Å². The van der Waals surface area contributed by atoms with Crippen LogP contribution in [-0.4, -0.2) is 50.8 Å². The predicted molar refractivity (Wildman–Crippen MR) is 75.8 cm³/mol. The average molecular weight is 254 g/mol. The molecule has 0 aliphatic carbocycles. The van der Waals surface area contributed by atoms with Gasteiger partial charge in [-0.15, -0.1) is 0 Å². The van der Waals surface area contributed by atoms with Gasteiger partial charge in [-0.2, -0.15) is 0 Å². The SMILES string of the molecule is CNC(C(C)CCOC)C1CC2CCC(C1)N2C. The van der Waals surface area contributed by atoms with Gasteiger partial charge in [0, 0.05) is 31.8 Å². The predicted octanol–water partition coefficient (Wildman–Crippen LogP) is 2.12. The lowest BCUT2D eigenvalue weighted by Crippen LogP contribution is -2.48. The van der Waals surface area contributed by atoms with E-state index in [9.17, 15) is 0 Å². The number of hydrogen-bond donors (Lipinski definition) is 1. The highest BCUT2D eigenvalue weighted by Gasteiger charge is 2.41. The van der Waals surface area contributed by atoms with Gasteiger partial charge in [0.2, 0.25) is 0 Å². The number of hydrogen-bond acceptors (Lipinski definition) is 3. The van der Waals surface area contributed by atoms with E-state index in [-0.39, 0.29) is 0 Å². The molecule has 106 valence electrons. The van der Waals surface area contributed by atoms with Crippen LogP contribution in [0.15, 0.2) is 0 Å². The van der Waals surface area contributed by atoms with Gasteiger partial charge in [-0.1, -0.05) is 6.92 Å². The van der Waals surface area contributed by atoms with Crippen LogP contribution in [-0.2, 0) is 4.74 Å². The smallest absolute Gasteiger partial charge is 0.0465 e. The van der Waals surface area contributed by atoms with Gasteiger partial charge in [-0.05, 0) is 58.0 Å². The molecule has 0 radical (unpaired) electrons. The first kappa shape index (κ1) is 14.3. The molecule has 2 rings (SSSR count). The first-order chi connectivity index (χ1) is 8.67. The summed E-state index contributed by atoms with van der Waals surface area (Å²) in [7, 11) is 6.26. The molecule has 0 spiro atoms. The molecule has 4 unspecified atom stereocenters. The zero-order valence-corrected chi connectivity index (χ0v) is 12.5. The first-order valence-electron chi connectivity index (χ1n) is 7.55. The van der Waals surface area contributed by atoms with E-state index < -0.39 is 0 Å². The molecule has 0 aromatic heterocycles. The molecule has 2 fully saturated rings. The van der Waals surface area contributed by atoms with Crippen molar-refractivity contribution in [1.29, 1.82) is 0 Å². The van der Waals surface area contributed by atoms with Crippen molar-refractivity contribution in [2.75, 3.05) is 27.8 Å². The van der Waals surface area contributed by atoms with Crippen molar-refractivity contribution >= 4 is 0 Å². The summed E-state index contributed by atoms with van der Waals surface area (Å²) in [4.78, 5) is 2.63.